The predicted octanol–water partition coefficient (Wildman–Crippen LogP) is 3.32. The molecule has 0 radical (unpaired) electrons. The summed E-state index contributed by atoms with van der Waals surface area (Å²) in [6, 6.07) is 0. The average molecular weight is 292 g/mol. The quantitative estimate of drug-likeness (QED) is 0.872. The third-order valence-corrected chi connectivity index (χ3v) is 3.88. The van der Waals surface area contributed by atoms with Crippen molar-refractivity contribution in [2.24, 2.45) is 0 Å². The highest BCUT2D eigenvalue weighted by atomic mass is 16.5. The van der Waals surface area contributed by atoms with Gasteiger partial charge in [0, 0.05) is 24.6 Å². The van der Waals surface area contributed by atoms with Gasteiger partial charge in [0.05, 0.1) is 12.1 Å². The number of nitrogens with one attached hydrogen (secondary N) is 2. The molecule has 0 spiro atoms. The third-order valence-electron chi connectivity index (χ3n) is 3.88. The van der Waals surface area contributed by atoms with Crippen LogP contribution in [0.3, 0.4) is 0 Å². The van der Waals surface area contributed by atoms with Crippen molar-refractivity contribution >= 4 is 11.6 Å². The van der Waals surface area contributed by atoms with Gasteiger partial charge in [0.2, 0.25) is 0 Å². The summed E-state index contributed by atoms with van der Waals surface area (Å²) < 4.78 is 5.63. The molecule has 1 aliphatic rings. The number of aromatic nitrogens is 2. The van der Waals surface area contributed by atoms with Crippen LogP contribution in [0.2, 0.25) is 0 Å². The van der Waals surface area contributed by atoms with E-state index in [1.165, 1.54) is 0 Å². The maximum atomic E-state index is 5.63. The van der Waals surface area contributed by atoms with E-state index in [9.17, 15) is 0 Å². The predicted molar refractivity (Wildman–Crippen MR) is 87.1 cm³/mol. The number of hydrogen-bond acceptors (Lipinski definition) is 5. The van der Waals surface area contributed by atoms with Crippen LogP contribution in [0.5, 0.6) is 0 Å². The van der Waals surface area contributed by atoms with Crippen LogP contribution in [0, 0.1) is 6.92 Å². The molecule has 1 unspecified atom stereocenters. The second-order valence-corrected chi connectivity index (χ2v) is 6.43. The Morgan fingerprint density at radius 1 is 1.29 bits per heavy atom. The van der Waals surface area contributed by atoms with Crippen molar-refractivity contribution in [1.29, 1.82) is 0 Å². The topological polar surface area (TPSA) is 59.1 Å². The number of hydrogen-bond donors (Lipinski definition) is 2. The molecule has 1 aromatic heterocycles. The summed E-state index contributed by atoms with van der Waals surface area (Å²) in [5.41, 5.74) is 1.03. The highest BCUT2D eigenvalue weighted by Crippen LogP contribution is 2.28. The van der Waals surface area contributed by atoms with E-state index in [0.29, 0.717) is 5.92 Å². The maximum absolute atomic E-state index is 5.63. The van der Waals surface area contributed by atoms with Gasteiger partial charge in [-0.2, -0.15) is 0 Å². The lowest BCUT2D eigenvalue weighted by molar-refractivity contribution is 0.0538. The van der Waals surface area contributed by atoms with E-state index in [4.69, 9.17) is 9.72 Å². The Morgan fingerprint density at radius 3 is 2.57 bits per heavy atom. The molecule has 1 aromatic rings. The van der Waals surface area contributed by atoms with Gasteiger partial charge in [-0.1, -0.05) is 13.8 Å². The molecule has 21 heavy (non-hydrogen) atoms. The number of nitrogens with zero attached hydrogens (tertiary/aromatic N) is 2. The number of anilines is 2. The fourth-order valence-electron chi connectivity index (χ4n) is 2.57. The molecule has 1 saturated heterocycles. The van der Waals surface area contributed by atoms with Gasteiger partial charge in [-0.25, -0.2) is 9.97 Å². The van der Waals surface area contributed by atoms with Crippen LogP contribution in [0.15, 0.2) is 0 Å². The van der Waals surface area contributed by atoms with Gasteiger partial charge < -0.3 is 15.4 Å². The van der Waals surface area contributed by atoms with E-state index < -0.39 is 0 Å². The first-order valence-corrected chi connectivity index (χ1v) is 7.93. The molecule has 5 nitrogen and oxygen atoms in total. The summed E-state index contributed by atoms with van der Waals surface area (Å²) >= 11 is 0. The van der Waals surface area contributed by atoms with Crippen molar-refractivity contribution in [1.82, 2.24) is 9.97 Å². The van der Waals surface area contributed by atoms with E-state index in [1.54, 1.807) is 0 Å². The van der Waals surface area contributed by atoms with Crippen LogP contribution in [-0.2, 0) is 4.74 Å². The summed E-state index contributed by atoms with van der Waals surface area (Å²) in [7, 11) is 0. The molecular weight excluding hydrogens is 264 g/mol. The van der Waals surface area contributed by atoms with Crippen LogP contribution in [0.4, 0.5) is 11.6 Å². The molecule has 118 valence electrons. The number of ether oxygens (including phenoxy) is 1. The van der Waals surface area contributed by atoms with E-state index in [1.807, 2.05) is 0 Å². The molecule has 5 heteroatoms. The van der Waals surface area contributed by atoms with Crippen LogP contribution >= 0.6 is 0 Å². The molecule has 0 aromatic carbocycles. The Balaban J connectivity index is 2.32. The van der Waals surface area contributed by atoms with E-state index in [-0.39, 0.29) is 5.54 Å². The first-order chi connectivity index (χ1) is 9.95. The van der Waals surface area contributed by atoms with Crippen LogP contribution in [-0.4, -0.2) is 35.3 Å². The van der Waals surface area contributed by atoms with Gasteiger partial charge in [-0.15, -0.1) is 0 Å². The highest BCUT2D eigenvalue weighted by Gasteiger charge is 2.29. The maximum Gasteiger partial charge on any atom is 0.135 e. The summed E-state index contributed by atoms with van der Waals surface area (Å²) in [5.74, 6) is 3.04. The lowest BCUT2D eigenvalue weighted by atomic mass is 9.94. The lowest BCUT2D eigenvalue weighted by Crippen LogP contribution is -2.43. The zero-order valence-electron chi connectivity index (χ0n) is 13.9. The van der Waals surface area contributed by atoms with Crippen LogP contribution < -0.4 is 10.6 Å². The molecule has 2 rings (SSSR count). The van der Waals surface area contributed by atoms with Gasteiger partial charge in [-0.3, -0.25) is 0 Å². The highest BCUT2D eigenvalue weighted by molar-refractivity contribution is 5.58. The molecule has 0 amide bonds. The Labute approximate surface area is 127 Å². The molecule has 0 saturated carbocycles. The Bertz CT molecular complexity index is 481. The fraction of sp³-hybridized carbons (Fsp3) is 0.750. The summed E-state index contributed by atoms with van der Waals surface area (Å²) in [4.78, 5) is 9.38. The average Bonchev–Trinajstić information content (AvgIpc) is 2.43. The standard InChI is InChI=1S/C16H28N4O/c1-6-17-14-12(4)15(19-13(18-14)11(2)3)20-16(5)8-7-9-21-10-16/h11H,6-10H2,1-5H3,(H2,17,18,19,20). The molecule has 1 fully saturated rings. The van der Waals surface area contributed by atoms with E-state index in [2.05, 4.69) is 50.2 Å². The smallest absolute Gasteiger partial charge is 0.135 e. The van der Waals surface area contributed by atoms with Gasteiger partial charge in [0.15, 0.2) is 0 Å². The molecule has 2 N–H and O–H groups in total. The molecule has 0 bridgehead atoms. The molecular formula is C16H28N4O. The first kappa shape index (κ1) is 16.0. The largest absolute Gasteiger partial charge is 0.379 e. The second-order valence-electron chi connectivity index (χ2n) is 6.43. The van der Waals surface area contributed by atoms with E-state index in [0.717, 1.165) is 55.6 Å². The van der Waals surface area contributed by atoms with E-state index >= 15 is 0 Å². The SMILES string of the molecule is CCNc1nc(C(C)C)nc(NC2(C)CCCOC2)c1C. The second kappa shape index (κ2) is 6.60. The summed E-state index contributed by atoms with van der Waals surface area (Å²) in [5, 5.41) is 6.94. The monoisotopic (exact) mass is 292 g/mol. The first-order valence-electron chi connectivity index (χ1n) is 7.93. The summed E-state index contributed by atoms with van der Waals surface area (Å²) in [6.45, 7) is 13.0. The molecule has 1 aliphatic heterocycles. The zero-order valence-corrected chi connectivity index (χ0v) is 13.9. The minimum atomic E-state index is -0.0465. The fourth-order valence-corrected chi connectivity index (χ4v) is 2.57. The van der Waals surface area contributed by atoms with Crippen molar-refractivity contribution in [3.05, 3.63) is 11.4 Å². The Morgan fingerprint density at radius 2 is 2.00 bits per heavy atom. The Kier molecular flexibility index (Phi) is 5.04. The lowest BCUT2D eigenvalue weighted by Gasteiger charge is -2.35. The normalized spacial score (nSPS) is 22.4. The zero-order chi connectivity index (χ0) is 15.5. The van der Waals surface area contributed by atoms with Gasteiger partial charge in [0.25, 0.3) is 0 Å². The Hall–Kier alpha value is -1.36. The third kappa shape index (κ3) is 3.84. The van der Waals surface area contributed by atoms with Crippen molar-refractivity contribution in [3.63, 3.8) is 0 Å². The van der Waals surface area contributed by atoms with Gasteiger partial charge >= 0.3 is 0 Å². The molecule has 0 aliphatic carbocycles. The van der Waals surface area contributed by atoms with Gasteiger partial charge in [0.1, 0.15) is 17.5 Å². The minimum Gasteiger partial charge on any atom is -0.379 e. The van der Waals surface area contributed by atoms with Crippen molar-refractivity contribution in [2.45, 2.75) is 58.9 Å². The molecule has 1 atom stereocenters. The van der Waals surface area contributed by atoms with Crippen LogP contribution in [0.25, 0.3) is 0 Å². The molecule has 2 heterocycles. The number of rotatable bonds is 5. The van der Waals surface area contributed by atoms with Crippen molar-refractivity contribution in [3.8, 4) is 0 Å². The van der Waals surface area contributed by atoms with Crippen molar-refractivity contribution in [2.75, 3.05) is 30.4 Å². The van der Waals surface area contributed by atoms with Gasteiger partial charge in [-0.05, 0) is 33.6 Å². The van der Waals surface area contributed by atoms with Crippen LogP contribution in [0.1, 0.15) is 57.8 Å². The minimum absolute atomic E-state index is 0.0465. The van der Waals surface area contributed by atoms with Crippen molar-refractivity contribution < 1.29 is 4.74 Å². The summed E-state index contributed by atoms with van der Waals surface area (Å²) in [6.07, 6.45) is 2.19.